The van der Waals surface area contributed by atoms with Crippen molar-refractivity contribution in [1.29, 1.82) is 0 Å². The number of carbonyl (C=O) groups is 1. The number of nitrogens with one attached hydrogen (secondary N) is 1. The van der Waals surface area contributed by atoms with E-state index in [2.05, 4.69) is 30.1 Å². The van der Waals surface area contributed by atoms with Crippen molar-refractivity contribution in [2.45, 2.75) is 6.54 Å². The first-order valence-corrected chi connectivity index (χ1v) is 5.49. The van der Waals surface area contributed by atoms with Crippen LogP contribution < -0.4 is 5.32 Å². The van der Waals surface area contributed by atoms with Crippen molar-refractivity contribution < 1.29 is 4.79 Å². The summed E-state index contributed by atoms with van der Waals surface area (Å²) in [6.45, 7) is 3.98. The molecule has 1 aromatic heterocycles. The number of amides is 1. The van der Waals surface area contributed by atoms with E-state index in [1.165, 1.54) is 16.2 Å². The van der Waals surface area contributed by atoms with Gasteiger partial charge in [0.15, 0.2) is 0 Å². The molecule has 2 nitrogen and oxygen atoms in total. The summed E-state index contributed by atoms with van der Waals surface area (Å²) >= 11 is 1.70. The van der Waals surface area contributed by atoms with Gasteiger partial charge in [-0.1, -0.05) is 24.8 Å². The van der Waals surface area contributed by atoms with E-state index in [-0.39, 0.29) is 5.91 Å². The fourth-order valence-corrected chi connectivity index (χ4v) is 2.37. The van der Waals surface area contributed by atoms with Crippen LogP contribution in [0.2, 0.25) is 0 Å². The van der Waals surface area contributed by atoms with Crippen molar-refractivity contribution in [3.63, 3.8) is 0 Å². The molecule has 0 atom stereocenters. The van der Waals surface area contributed by atoms with Crippen LogP contribution in [0.1, 0.15) is 4.88 Å². The van der Waals surface area contributed by atoms with Crippen LogP contribution in [0.3, 0.4) is 0 Å². The van der Waals surface area contributed by atoms with Gasteiger partial charge < -0.3 is 5.32 Å². The molecule has 1 aromatic carbocycles. The third-order valence-electron chi connectivity index (χ3n) is 2.10. The van der Waals surface area contributed by atoms with Crippen LogP contribution in [0.15, 0.2) is 43.0 Å². The molecule has 0 spiro atoms. The molecule has 0 saturated heterocycles. The Balaban J connectivity index is 2.15. The van der Waals surface area contributed by atoms with Gasteiger partial charge in [0.25, 0.3) is 0 Å². The van der Waals surface area contributed by atoms with E-state index in [0.717, 1.165) is 4.88 Å². The highest BCUT2D eigenvalue weighted by atomic mass is 32.1. The SMILES string of the molecule is C=CC(=O)NCc1cc2ccccc2s1. The summed E-state index contributed by atoms with van der Waals surface area (Å²) in [6.07, 6.45) is 1.29. The second kappa shape index (κ2) is 4.28. The minimum atomic E-state index is -0.132. The van der Waals surface area contributed by atoms with Gasteiger partial charge in [0.05, 0.1) is 6.54 Å². The molecule has 0 saturated carbocycles. The minimum absolute atomic E-state index is 0.132. The highest BCUT2D eigenvalue weighted by Gasteiger charge is 2.01. The lowest BCUT2D eigenvalue weighted by Crippen LogP contribution is -2.19. The Morgan fingerprint density at radius 2 is 2.27 bits per heavy atom. The average Bonchev–Trinajstić information content (AvgIpc) is 2.68. The van der Waals surface area contributed by atoms with Crippen molar-refractivity contribution in [1.82, 2.24) is 5.32 Å². The normalized spacial score (nSPS) is 10.1. The van der Waals surface area contributed by atoms with Gasteiger partial charge >= 0.3 is 0 Å². The molecule has 1 heterocycles. The molecule has 2 aromatic rings. The number of rotatable bonds is 3. The number of fused-ring (bicyclic) bond motifs is 1. The van der Waals surface area contributed by atoms with Crippen LogP contribution >= 0.6 is 11.3 Å². The van der Waals surface area contributed by atoms with E-state index in [1.54, 1.807) is 11.3 Å². The van der Waals surface area contributed by atoms with Gasteiger partial charge in [0, 0.05) is 9.58 Å². The molecule has 0 aliphatic rings. The quantitative estimate of drug-likeness (QED) is 0.787. The van der Waals surface area contributed by atoms with Gasteiger partial charge in [-0.05, 0) is 23.6 Å². The Morgan fingerprint density at radius 3 is 3.00 bits per heavy atom. The maximum Gasteiger partial charge on any atom is 0.243 e. The van der Waals surface area contributed by atoms with E-state index >= 15 is 0 Å². The Kier molecular flexibility index (Phi) is 2.83. The zero-order valence-corrected chi connectivity index (χ0v) is 9.01. The fourth-order valence-electron chi connectivity index (χ4n) is 1.37. The van der Waals surface area contributed by atoms with Gasteiger partial charge in [0.1, 0.15) is 0 Å². The van der Waals surface area contributed by atoms with Crippen LogP contribution in [0.5, 0.6) is 0 Å². The van der Waals surface area contributed by atoms with Gasteiger partial charge in [-0.2, -0.15) is 0 Å². The Hall–Kier alpha value is -1.61. The Labute approximate surface area is 92.2 Å². The average molecular weight is 217 g/mol. The third-order valence-corrected chi connectivity index (χ3v) is 3.21. The summed E-state index contributed by atoms with van der Waals surface area (Å²) < 4.78 is 1.25. The minimum Gasteiger partial charge on any atom is -0.348 e. The first-order valence-electron chi connectivity index (χ1n) is 4.67. The maximum atomic E-state index is 11.0. The molecular weight excluding hydrogens is 206 g/mol. The monoisotopic (exact) mass is 217 g/mol. The van der Waals surface area contributed by atoms with Crippen molar-refractivity contribution in [3.05, 3.63) is 47.9 Å². The first kappa shape index (κ1) is 9.93. The summed E-state index contributed by atoms with van der Waals surface area (Å²) in [4.78, 5) is 12.1. The topological polar surface area (TPSA) is 29.1 Å². The summed E-state index contributed by atoms with van der Waals surface area (Å²) in [5.41, 5.74) is 0. The van der Waals surface area contributed by atoms with Crippen molar-refractivity contribution in [2.75, 3.05) is 0 Å². The second-order valence-corrected chi connectivity index (χ2v) is 4.34. The first-order chi connectivity index (χ1) is 7.29. The zero-order chi connectivity index (χ0) is 10.7. The van der Waals surface area contributed by atoms with E-state index in [0.29, 0.717) is 6.54 Å². The van der Waals surface area contributed by atoms with Crippen LogP contribution in [0.4, 0.5) is 0 Å². The molecule has 0 bridgehead atoms. The lowest BCUT2D eigenvalue weighted by Gasteiger charge is -1.97. The Morgan fingerprint density at radius 1 is 1.47 bits per heavy atom. The predicted molar refractivity (Wildman–Crippen MR) is 63.9 cm³/mol. The standard InChI is InChI=1S/C12H11NOS/c1-2-12(14)13-8-10-7-9-5-3-4-6-11(9)15-10/h2-7H,1,8H2,(H,13,14). The second-order valence-electron chi connectivity index (χ2n) is 3.17. The maximum absolute atomic E-state index is 11.0. The van der Waals surface area contributed by atoms with Crippen LogP contribution in [-0.2, 0) is 11.3 Å². The molecule has 0 radical (unpaired) electrons. The van der Waals surface area contributed by atoms with E-state index in [1.807, 2.05) is 12.1 Å². The summed E-state index contributed by atoms with van der Waals surface area (Å²) in [5, 5.41) is 3.99. The van der Waals surface area contributed by atoms with Gasteiger partial charge in [-0.15, -0.1) is 11.3 Å². The van der Waals surface area contributed by atoms with Crippen LogP contribution in [0, 0.1) is 0 Å². The van der Waals surface area contributed by atoms with Crippen LogP contribution in [-0.4, -0.2) is 5.91 Å². The molecule has 0 aliphatic heterocycles. The summed E-state index contributed by atoms with van der Waals surface area (Å²) in [5.74, 6) is -0.132. The van der Waals surface area contributed by atoms with Crippen molar-refractivity contribution in [3.8, 4) is 0 Å². The lowest BCUT2D eigenvalue weighted by atomic mass is 10.2. The van der Waals surface area contributed by atoms with E-state index < -0.39 is 0 Å². The predicted octanol–water partition coefficient (Wildman–Crippen LogP) is 2.70. The highest BCUT2D eigenvalue weighted by Crippen LogP contribution is 2.24. The van der Waals surface area contributed by atoms with Crippen molar-refractivity contribution in [2.24, 2.45) is 0 Å². The number of benzene rings is 1. The molecule has 0 aliphatic carbocycles. The van der Waals surface area contributed by atoms with Gasteiger partial charge in [-0.25, -0.2) is 0 Å². The van der Waals surface area contributed by atoms with E-state index in [4.69, 9.17) is 0 Å². The number of hydrogen-bond acceptors (Lipinski definition) is 2. The van der Waals surface area contributed by atoms with Gasteiger partial charge in [0.2, 0.25) is 5.91 Å². The Bertz CT molecular complexity index is 468. The summed E-state index contributed by atoms with van der Waals surface area (Å²) in [7, 11) is 0. The number of hydrogen-bond donors (Lipinski definition) is 1. The van der Waals surface area contributed by atoms with E-state index in [9.17, 15) is 4.79 Å². The molecule has 1 amide bonds. The molecular formula is C12H11NOS. The molecule has 76 valence electrons. The molecule has 15 heavy (non-hydrogen) atoms. The van der Waals surface area contributed by atoms with Gasteiger partial charge in [-0.3, -0.25) is 4.79 Å². The van der Waals surface area contributed by atoms with Crippen molar-refractivity contribution >= 4 is 27.3 Å². The third kappa shape index (κ3) is 2.25. The molecule has 3 heteroatoms. The molecule has 2 rings (SSSR count). The fraction of sp³-hybridized carbons (Fsp3) is 0.0833. The van der Waals surface area contributed by atoms with Crippen LogP contribution in [0.25, 0.3) is 10.1 Å². The molecule has 0 fully saturated rings. The largest absolute Gasteiger partial charge is 0.348 e. The summed E-state index contributed by atoms with van der Waals surface area (Å²) in [6, 6.07) is 10.3. The smallest absolute Gasteiger partial charge is 0.243 e. The lowest BCUT2D eigenvalue weighted by molar-refractivity contribution is -0.116. The number of thiophene rings is 1. The molecule has 1 N–H and O–H groups in total. The zero-order valence-electron chi connectivity index (χ0n) is 8.19. The highest BCUT2D eigenvalue weighted by molar-refractivity contribution is 7.19. The molecule has 0 unspecified atom stereocenters. The number of carbonyl (C=O) groups excluding carboxylic acids is 1.